The Balaban J connectivity index is 1.63. The van der Waals surface area contributed by atoms with E-state index in [1.54, 1.807) is 23.1 Å². The van der Waals surface area contributed by atoms with Crippen molar-refractivity contribution in [3.8, 4) is 22.8 Å². The third kappa shape index (κ3) is 7.23. The second-order valence-electron chi connectivity index (χ2n) is 9.50. The number of halogens is 3. The molecule has 10 nitrogen and oxygen atoms in total. The zero-order valence-corrected chi connectivity index (χ0v) is 23.3. The summed E-state index contributed by atoms with van der Waals surface area (Å²) in [4.78, 5) is 33.7. The Morgan fingerprint density at radius 2 is 1.71 bits per heavy atom. The highest BCUT2D eigenvalue weighted by molar-refractivity contribution is 7.91. The molecule has 1 aliphatic heterocycles. The number of pyridine rings is 1. The largest absolute Gasteiger partial charge is 0.493 e. The van der Waals surface area contributed by atoms with Crippen molar-refractivity contribution in [1.29, 1.82) is 0 Å². The summed E-state index contributed by atoms with van der Waals surface area (Å²) in [6.45, 7) is 1.26. The van der Waals surface area contributed by atoms with Crippen LogP contribution >= 0.6 is 0 Å². The standard InChI is InChI=1S/C27H29F3N4O6S/c1-39-21-9-7-18(14-22(21)40-2)16-34-17-19(8-10-25(34)36)20-15-23(27(28,29)30)32-26(31-20)41(37,38)13-5-6-24(35)33-11-3-4-12-33/h7-10,14-15,17H,3-6,11-13,16H2,1-2H3. The Kier molecular flexibility index (Phi) is 9.00. The SMILES string of the molecule is COc1ccc(Cn2cc(-c3cc(C(F)(F)F)nc(S(=O)(=O)CCCC(=O)N4CCCC4)n3)ccc2=O)cc1OC. The van der Waals surface area contributed by atoms with Crippen LogP contribution in [0.4, 0.5) is 13.2 Å². The van der Waals surface area contributed by atoms with Crippen LogP contribution in [0.1, 0.15) is 36.9 Å². The minimum Gasteiger partial charge on any atom is -0.493 e. The molecular weight excluding hydrogens is 565 g/mol. The molecule has 0 bridgehead atoms. The Hall–Kier alpha value is -3.94. The predicted molar refractivity (Wildman–Crippen MR) is 142 cm³/mol. The molecule has 14 heteroatoms. The Morgan fingerprint density at radius 3 is 2.37 bits per heavy atom. The first-order valence-electron chi connectivity index (χ1n) is 12.8. The summed E-state index contributed by atoms with van der Waals surface area (Å²) < 4.78 is 78.9. The number of benzene rings is 1. The topological polar surface area (TPSA) is 121 Å². The van der Waals surface area contributed by atoms with Crippen molar-refractivity contribution < 1.29 is 35.9 Å². The molecule has 1 saturated heterocycles. The van der Waals surface area contributed by atoms with Gasteiger partial charge in [0, 0.05) is 37.3 Å². The zero-order valence-electron chi connectivity index (χ0n) is 22.5. The number of carbonyl (C=O) groups excluding carboxylic acids is 1. The van der Waals surface area contributed by atoms with Crippen LogP contribution in [0.5, 0.6) is 11.5 Å². The van der Waals surface area contributed by atoms with Crippen LogP contribution in [0.15, 0.2) is 52.5 Å². The van der Waals surface area contributed by atoms with E-state index in [0.717, 1.165) is 18.9 Å². The number of amides is 1. The molecular formula is C27H29F3N4O6S. The van der Waals surface area contributed by atoms with Gasteiger partial charge >= 0.3 is 6.18 Å². The van der Waals surface area contributed by atoms with E-state index in [4.69, 9.17) is 9.47 Å². The number of hydrogen-bond donors (Lipinski definition) is 0. The molecule has 0 aliphatic carbocycles. The summed E-state index contributed by atoms with van der Waals surface area (Å²) in [6.07, 6.45) is -2.03. The lowest BCUT2D eigenvalue weighted by Gasteiger charge is -2.15. The number of nitrogens with zero attached hydrogens (tertiary/aromatic N) is 4. The van der Waals surface area contributed by atoms with Crippen LogP contribution in [-0.2, 0) is 27.4 Å². The second-order valence-corrected chi connectivity index (χ2v) is 11.5. The van der Waals surface area contributed by atoms with Gasteiger partial charge in [-0.05, 0) is 49.1 Å². The monoisotopic (exact) mass is 594 g/mol. The van der Waals surface area contributed by atoms with Gasteiger partial charge in [0.05, 0.1) is 32.2 Å². The number of hydrogen-bond acceptors (Lipinski definition) is 8. The number of carbonyl (C=O) groups is 1. The van der Waals surface area contributed by atoms with Crippen molar-refractivity contribution in [3.05, 3.63) is 64.2 Å². The number of rotatable bonds is 10. The predicted octanol–water partition coefficient (Wildman–Crippen LogP) is 3.57. The van der Waals surface area contributed by atoms with Gasteiger partial charge in [0.15, 0.2) is 11.5 Å². The van der Waals surface area contributed by atoms with Gasteiger partial charge in [-0.2, -0.15) is 13.2 Å². The quantitative estimate of drug-likeness (QED) is 0.327. The molecule has 220 valence electrons. The summed E-state index contributed by atoms with van der Waals surface area (Å²) >= 11 is 0. The molecule has 1 aromatic carbocycles. The first-order chi connectivity index (χ1) is 19.4. The minimum atomic E-state index is -4.96. The molecule has 0 spiro atoms. The molecule has 0 N–H and O–H groups in total. The third-order valence-electron chi connectivity index (χ3n) is 6.62. The fourth-order valence-corrected chi connectivity index (χ4v) is 5.65. The van der Waals surface area contributed by atoms with E-state index in [2.05, 4.69) is 9.97 Å². The average molecular weight is 595 g/mol. The molecule has 3 heterocycles. The molecule has 4 rings (SSSR count). The van der Waals surface area contributed by atoms with Crippen LogP contribution in [-0.4, -0.2) is 66.8 Å². The van der Waals surface area contributed by atoms with E-state index in [1.807, 2.05) is 0 Å². The summed E-state index contributed by atoms with van der Waals surface area (Å²) in [5, 5.41) is -0.992. The fraction of sp³-hybridized carbons (Fsp3) is 0.407. The molecule has 3 aromatic rings. The average Bonchev–Trinajstić information content (AvgIpc) is 3.49. The molecule has 0 atom stereocenters. The molecule has 1 aliphatic rings. The van der Waals surface area contributed by atoms with E-state index < -0.39 is 38.2 Å². The van der Waals surface area contributed by atoms with Gasteiger partial charge in [-0.25, -0.2) is 18.4 Å². The highest BCUT2D eigenvalue weighted by Gasteiger charge is 2.35. The lowest BCUT2D eigenvalue weighted by molar-refractivity contribution is -0.141. The van der Waals surface area contributed by atoms with Crippen molar-refractivity contribution in [2.45, 2.75) is 43.6 Å². The van der Waals surface area contributed by atoms with E-state index >= 15 is 0 Å². The van der Waals surface area contributed by atoms with Crippen molar-refractivity contribution in [2.75, 3.05) is 33.1 Å². The number of methoxy groups -OCH3 is 2. The van der Waals surface area contributed by atoms with E-state index in [9.17, 15) is 31.2 Å². The zero-order chi connectivity index (χ0) is 29.8. The molecule has 0 radical (unpaired) electrons. The number of ether oxygens (including phenoxy) is 2. The van der Waals surface area contributed by atoms with Crippen molar-refractivity contribution in [3.63, 3.8) is 0 Å². The van der Waals surface area contributed by atoms with E-state index in [0.29, 0.717) is 36.2 Å². The summed E-state index contributed by atoms with van der Waals surface area (Å²) in [7, 11) is -1.43. The van der Waals surface area contributed by atoms with Crippen LogP contribution in [0.2, 0.25) is 0 Å². The highest BCUT2D eigenvalue weighted by atomic mass is 32.2. The maximum Gasteiger partial charge on any atom is 0.433 e. The van der Waals surface area contributed by atoms with Crippen molar-refractivity contribution in [2.24, 2.45) is 0 Å². The smallest absolute Gasteiger partial charge is 0.433 e. The third-order valence-corrected chi connectivity index (χ3v) is 8.18. The van der Waals surface area contributed by atoms with E-state index in [-0.39, 0.29) is 36.6 Å². The summed E-state index contributed by atoms with van der Waals surface area (Å²) in [5.41, 5.74) is -1.47. The number of sulfone groups is 1. The highest BCUT2D eigenvalue weighted by Crippen LogP contribution is 2.32. The number of aromatic nitrogens is 3. The van der Waals surface area contributed by atoms with E-state index in [1.165, 1.54) is 31.0 Å². The maximum absolute atomic E-state index is 13.7. The van der Waals surface area contributed by atoms with Crippen molar-refractivity contribution >= 4 is 15.7 Å². The van der Waals surface area contributed by atoms with Gasteiger partial charge in [-0.15, -0.1) is 0 Å². The Morgan fingerprint density at radius 1 is 1.00 bits per heavy atom. The lowest BCUT2D eigenvalue weighted by atomic mass is 10.1. The lowest BCUT2D eigenvalue weighted by Crippen LogP contribution is -2.27. The number of likely N-dealkylation sites (tertiary alicyclic amines) is 1. The molecule has 0 unspecified atom stereocenters. The van der Waals surface area contributed by atoms with Gasteiger partial charge in [-0.1, -0.05) is 6.07 Å². The summed E-state index contributed by atoms with van der Waals surface area (Å²) in [5.74, 6) is 0.121. The molecule has 2 aromatic heterocycles. The van der Waals surface area contributed by atoms with Gasteiger partial charge in [0.25, 0.3) is 5.56 Å². The second kappa shape index (κ2) is 12.3. The van der Waals surface area contributed by atoms with Gasteiger partial charge < -0.3 is 18.9 Å². The first kappa shape index (κ1) is 30.0. The summed E-state index contributed by atoms with van der Waals surface area (Å²) in [6, 6.07) is 8.07. The van der Waals surface area contributed by atoms with Crippen LogP contribution in [0.3, 0.4) is 0 Å². The Bertz CT molecular complexity index is 1580. The molecule has 1 fully saturated rings. The van der Waals surface area contributed by atoms with Crippen molar-refractivity contribution in [1.82, 2.24) is 19.4 Å². The van der Waals surface area contributed by atoms with Gasteiger partial charge in [-0.3, -0.25) is 9.59 Å². The first-order valence-corrected chi connectivity index (χ1v) is 14.4. The van der Waals surface area contributed by atoms with Gasteiger partial charge in [0.1, 0.15) is 5.69 Å². The molecule has 1 amide bonds. The van der Waals surface area contributed by atoms with Crippen LogP contribution in [0.25, 0.3) is 11.3 Å². The molecule has 0 saturated carbocycles. The number of alkyl halides is 3. The normalized spacial score (nSPS) is 13.8. The van der Waals surface area contributed by atoms with Crippen LogP contribution < -0.4 is 15.0 Å². The molecule has 41 heavy (non-hydrogen) atoms. The Labute approximate surface area is 234 Å². The maximum atomic E-state index is 13.7. The fourth-order valence-electron chi connectivity index (χ4n) is 4.47. The van der Waals surface area contributed by atoms with Crippen LogP contribution in [0, 0.1) is 0 Å². The minimum absolute atomic E-state index is 0.0421. The van der Waals surface area contributed by atoms with Gasteiger partial charge in [0.2, 0.25) is 20.9 Å².